The van der Waals surface area contributed by atoms with Crippen LogP contribution in [0.3, 0.4) is 0 Å². The largest absolute Gasteiger partial charge is 0.393 e. The van der Waals surface area contributed by atoms with Gasteiger partial charge in [-0.25, -0.2) is 5.01 Å². The highest BCUT2D eigenvalue weighted by Gasteiger charge is 2.02. The van der Waals surface area contributed by atoms with Gasteiger partial charge in [-0.1, -0.05) is 6.92 Å². The number of hydrazine groups is 1. The Kier molecular flexibility index (Phi) is 7.39. The lowest BCUT2D eigenvalue weighted by molar-refractivity contribution is 0.0378. The SMILES string of the molecule is CCC(C)O.NN1CCOCC1. The van der Waals surface area contributed by atoms with Crippen LogP contribution in [-0.2, 0) is 4.74 Å². The van der Waals surface area contributed by atoms with Gasteiger partial charge in [0.05, 0.1) is 19.3 Å². The Morgan fingerprint density at radius 2 is 1.92 bits per heavy atom. The summed E-state index contributed by atoms with van der Waals surface area (Å²) in [6, 6.07) is 0. The second-order valence-corrected chi connectivity index (χ2v) is 2.91. The minimum Gasteiger partial charge on any atom is -0.393 e. The molecule has 0 radical (unpaired) electrons. The molecule has 4 nitrogen and oxygen atoms in total. The predicted octanol–water partition coefficient (Wildman–Crippen LogP) is -0.0305. The molecule has 0 aromatic rings. The van der Waals surface area contributed by atoms with Crippen LogP contribution in [0.15, 0.2) is 0 Å². The van der Waals surface area contributed by atoms with E-state index in [2.05, 4.69) is 0 Å². The minimum absolute atomic E-state index is 0.116. The van der Waals surface area contributed by atoms with Gasteiger partial charge in [-0.05, 0) is 13.3 Å². The number of hydrogen-bond donors (Lipinski definition) is 2. The van der Waals surface area contributed by atoms with Gasteiger partial charge >= 0.3 is 0 Å². The molecule has 1 rings (SSSR count). The maximum Gasteiger partial charge on any atom is 0.0608 e. The molecule has 0 aliphatic carbocycles. The van der Waals surface area contributed by atoms with Crippen LogP contribution in [0.5, 0.6) is 0 Å². The minimum atomic E-state index is -0.116. The standard InChI is InChI=1S/C4H10N2O.C4H10O/c5-6-1-3-7-4-2-6;1-3-4(2)5/h1-5H2;4-5H,3H2,1-2H3. The monoisotopic (exact) mass is 176 g/mol. The summed E-state index contributed by atoms with van der Waals surface area (Å²) in [6.07, 6.45) is 0.745. The first-order valence-corrected chi connectivity index (χ1v) is 4.42. The zero-order valence-corrected chi connectivity index (χ0v) is 7.99. The molecule has 1 unspecified atom stereocenters. The van der Waals surface area contributed by atoms with Crippen molar-refractivity contribution in [1.29, 1.82) is 0 Å². The molecule has 0 aromatic carbocycles. The van der Waals surface area contributed by atoms with Crippen molar-refractivity contribution in [2.45, 2.75) is 26.4 Å². The molecule has 1 heterocycles. The molecule has 1 aliphatic heterocycles. The zero-order valence-electron chi connectivity index (χ0n) is 7.99. The van der Waals surface area contributed by atoms with E-state index >= 15 is 0 Å². The first-order valence-electron chi connectivity index (χ1n) is 4.42. The van der Waals surface area contributed by atoms with E-state index in [0.29, 0.717) is 0 Å². The molecule has 1 fully saturated rings. The van der Waals surface area contributed by atoms with Gasteiger partial charge in [-0.3, -0.25) is 5.84 Å². The number of nitrogens with zero attached hydrogens (tertiary/aromatic N) is 1. The van der Waals surface area contributed by atoms with Gasteiger partial charge in [0.15, 0.2) is 0 Å². The number of morpholine rings is 1. The Morgan fingerprint density at radius 1 is 1.50 bits per heavy atom. The van der Waals surface area contributed by atoms with Crippen molar-refractivity contribution in [1.82, 2.24) is 5.01 Å². The molecule has 3 N–H and O–H groups in total. The van der Waals surface area contributed by atoms with E-state index in [-0.39, 0.29) is 6.10 Å². The van der Waals surface area contributed by atoms with Gasteiger partial charge < -0.3 is 9.84 Å². The molecule has 1 saturated heterocycles. The van der Waals surface area contributed by atoms with Crippen molar-refractivity contribution in [3.05, 3.63) is 0 Å². The highest BCUT2D eigenvalue weighted by Crippen LogP contribution is 1.87. The van der Waals surface area contributed by atoms with Gasteiger partial charge in [0, 0.05) is 13.1 Å². The number of hydrogen-bond acceptors (Lipinski definition) is 4. The molecule has 1 aliphatic rings. The van der Waals surface area contributed by atoms with Gasteiger partial charge in [0.2, 0.25) is 0 Å². The average Bonchev–Trinajstić information content (AvgIpc) is 2.07. The summed E-state index contributed by atoms with van der Waals surface area (Å²) < 4.78 is 5.02. The molecule has 1 atom stereocenters. The van der Waals surface area contributed by atoms with Crippen LogP contribution in [0.25, 0.3) is 0 Å². The quantitative estimate of drug-likeness (QED) is 0.551. The summed E-state index contributed by atoms with van der Waals surface area (Å²) in [4.78, 5) is 0. The number of aliphatic hydroxyl groups is 1. The first kappa shape index (κ1) is 11.8. The van der Waals surface area contributed by atoms with Crippen LogP contribution in [0.4, 0.5) is 0 Å². The molecule has 74 valence electrons. The van der Waals surface area contributed by atoms with E-state index in [4.69, 9.17) is 15.7 Å². The molecular weight excluding hydrogens is 156 g/mol. The van der Waals surface area contributed by atoms with Crippen molar-refractivity contribution >= 4 is 0 Å². The number of rotatable bonds is 1. The fourth-order valence-corrected chi connectivity index (χ4v) is 0.577. The molecular formula is C8H20N2O2. The summed E-state index contributed by atoms with van der Waals surface area (Å²) in [5.41, 5.74) is 0. The summed E-state index contributed by atoms with van der Waals surface area (Å²) in [5.74, 6) is 5.39. The molecule has 0 saturated carbocycles. The molecule has 12 heavy (non-hydrogen) atoms. The van der Waals surface area contributed by atoms with Crippen LogP contribution in [-0.4, -0.2) is 42.5 Å². The second-order valence-electron chi connectivity index (χ2n) is 2.91. The van der Waals surface area contributed by atoms with Gasteiger partial charge in [0.25, 0.3) is 0 Å². The van der Waals surface area contributed by atoms with Gasteiger partial charge in [0.1, 0.15) is 0 Å². The number of aliphatic hydroxyl groups excluding tert-OH is 1. The Bertz CT molecular complexity index is 93.1. The lowest BCUT2D eigenvalue weighted by Gasteiger charge is -2.20. The fourth-order valence-electron chi connectivity index (χ4n) is 0.577. The zero-order chi connectivity index (χ0) is 9.40. The second kappa shape index (κ2) is 7.49. The average molecular weight is 176 g/mol. The Balaban J connectivity index is 0.000000217. The van der Waals surface area contributed by atoms with Crippen LogP contribution in [0, 0.1) is 0 Å². The third-order valence-electron chi connectivity index (χ3n) is 1.64. The van der Waals surface area contributed by atoms with Crippen LogP contribution in [0.1, 0.15) is 20.3 Å². The van der Waals surface area contributed by atoms with Gasteiger partial charge in [-0.15, -0.1) is 0 Å². The molecule has 0 bridgehead atoms. The van der Waals surface area contributed by atoms with Crippen LogP contribution >= 0.6 is 0 Å². The first-order chi connectivity index (χ1) is 5.66. The number of nitrogens with two attached hydrogens (primary N) is 1. The van der Waals surface area contributed by atoms with Crippen LogP contribution in [0.2, 0.25) is 0 Å². The van der Waals surface area contributed by atoms with Gasteiger partial charge in [-0.2, -0.15) is 0 Å². The molecule has 4 heteroatoms. The summed E-state index contributed by atoms with van der Waals surface area (Å²) in [5, 5.41) is 10.1. The Morgan fingerprint density at radius 3 is 2.08 bits per heavy atom. The summed E-state index contributed by atoms with van der Waals surface area (Å²) in [7, 11) is 0. The Labute approximate surface area is 74.3 Å². The smallest absolute Gasteiger partial charge is 0.0608 e. The molecule has 0 aromatic heterocycles. The highest BCUT2D eigenvalue weighted by molar-refractivity contribution is 4.51. The summed E-state index contributed by atoms with van der Waals surface area (Å²) in [6.45, 7) is 7.05. The summed E-state index contributed by atoms with van der Waals surface area (Å²) >= 11 is 0. The van der Waals surface area contributed by atoms with Crippen LogP contribution < -0.4 is 5.84 Å². The van der Waals surface area contributed by atoms with Crippen molar-refractivity contribution < 1.29 is 9.84 Å². The topological polar surface area (TPSA) is 58.7 Å². The normalized spacial score (nSPS) is 21.0. The lowest BCUT2D eigenvalue weighted by atomic mass is 10.3. The van der Waals surface area contributed by atoms with E-state index in [1.165, 1.54) is 0 Å². The van der Waals surface area contributed by atoms with Crippen molar-refractivity contribution in [2.75, 3.05) is 26.3 Å². The number of ether oxygens (including phenoxy) is 1. The van der Waals surface area contributed by atoms with Crippen molar-refractivity contribution in [2.24, 2.45) is 5.84 Å². The highest BCUT2D eigenvalue weighted by atomic mass is 16.5. The third kappa shape index (κ3) is 7.94. The lowest BCUT2D eigenvalue weighted by Crippen LogP contribution is -2.41. The predicted molar refractivity (Wildman–Crippen MR) is 48.6 cm³/mol. The molecule has 0 amide bonds. The Hall–Kier alpha value is -0.160. The fraction of sp³-hybridized carbons (Fsp3) is 1.00. The van der Waals surface area contributed by atoms with E-state index in [1.54, 1.807) is 11.9 Å². The third-order valence-corrected chi connectivity index (χ3v) is 1.64. The van der Waals surface area contributed by atoms with Crippen molar-refractivity contribution in [3.8, 4) is 0 Å². The maximum absolute atomic E-state index is 8.36. The molecule has 0 spiro atoms. The van der Waals surface area contributed by atoms with E-state index in [1.807, 2.05) is 6.92 Å². The van der Waals surface area contributed by atoms with Crippen molar-refractivity contribution in [3.63, 3.8) is 0 Å². The van der Waals surface area contributed by atoms with E-state index in [9.17, 15) is 0 Å². The maximum atomic E-state index is 8.36. The van der Waals surface area contributed by atoms with E-state index < -0.39 is 0 Å². The van der Waals surface area contributed by atoms with E-state index in [0.717, 1.165) is 32.7 Å².